The Morgan fingerprint density at radius 3 is 2.24 bits per heavy atom. The number of hydrogen-bond acceptors (Lipinski definition) is 3. The van der Waals surface area contributed by atoms with Crippen LogP contribution in [0, 0.1) is 17.6 Å². The number of hydrogen-bond donors (Lipinski definition) is 1. The van der Waals surface area contributed by atoms with Crippen LogP contribution in [0.25, 0.3) is 33.9 Å². The zero-order chi connectivity index (χ0) is 25.8. The lowest BCUT2D eigenvalue weighted by atomic mass is 9.93. The molecule has 192 valence electrons. The summed E-state index contributed by atoms with van der Waals surface area (Å²) in [4.78, 5) is 10.5. The summed E-state index contributed by atoms with van der Waals surface area (Å²) < 4.78 is 33.1. The topological polar surface area (TPSA) is 41.1 Å². The number of nitrogens with one attached hydrogen (secondary N) is 1. The second-order valence-corrected chi connectivity index (χ2v) is 10.1. The third-order valence-electron chi connectivity index (χ3n) is 7.01. The van der Waals surface area contributed by atoms with Crippen LogP contribution in [-0.2, 0) is 0 Å². The first kappa shape index (κ1) is 25.4. The molecular formula is C30H30ClF2N3O. The molecule has 0 bridgehead atoms. The number of aromatic amines is 1. The molecule has 0 saturated carbocycles. The number of likely N-dealkylation sites (tertiary alicyclic amines) is 1. The zero-order valence-corrected chi connectivity index (χ0v) is 21.6. The molecule has 1 N–H and O–H groups in total. The minimum absolute atomic E-state index is 0.322. The predicted molar refractivity (Wildman–Crippen MR) is 145 cm³/mol. The molecule has 1 aliphatic rings. The molecule has 2 heterocycles. The van der Waals surface area contributed by atoms with Crippen molar-refractivity contribution in [2.24, 2.45) is 5.92 Å². The fraction of sp³-hybridized carbons (Fsp3) is 0.300. The summed E-state index contributed by atoms with van der Waals surface area (Å²) in [6.45, 7) is 3.02. The molecule has 1 fully saturated rings. The fourth-order valence-corrected chi connectivity index (χ4v) is 5.09. The van der Waals surface area contributed by atoms with Gasteiger partial charge in [-0.2, -0.15) is 0 Å². The summed E-state index contributed by atoms with van der Waals surface area (Å²) in [5, 5.41) is 0.512. The molecule has 1 aliphatic heterocycles. The maximum Gasteiger partial charge on any atom is 0.140 e. The summed E-state index contributed by atoms with van der Waals surface area (Å²) in [7, 11) is 2.18. The van der Waals surface area contributed by atoms with Crippen LogP contribution >= 0.6 is 11.6 Å². The van der Waals surface area contributed by atoms with Gasteiger partial charge in [0.2, 0.25) is 0 Å². The summed E-state index contributed by atoms with van der Waals surface area (Å²) >= 11 is 6.66. The van der Waals surface area contributed by atoms with Gasteiger partial charge in [0.15, 0.2) is 0 Å². The summed E-state index contributed by atoms with van der Waals surface area (Å²) in [6, 6.07) is 17.9. The van der Waals surface area contributed by atoms with Crippen LogP contribution in [0.5, 0.6) is 5.75 Å². The molecule has 4 nitrogen and oxygen atoms in total. The lowest BCUT2D eigenvalue weighted by molar-refractivity contribution is 0.200. The molecule has 5 rings (SSSR count). The molecule has 0 radical (unpaired) electrons. The number of rotatable bonds is 8. The van der Waals surface area contributed by atoms with E-state index in [9.17, 15) is 8.78 Å². The van der Waals surface area contributed by atoms with E-state index in [0.717, 1.165) is 34.8 Å². The summed E-state index contributed by atoms with van der Waals surface area (Å²) in [5.41, 5.74) is 3.56. The normalized spacial score (nSPS) is 14.7. The maximum absolute atomic E-state index is 13.6. The fourth-order valence-electron chi connectivity index (χ4n) is 4.83. The third-order valence-corrected chi connectivity index (χ3v) is 7.33. The van der Waals surface area contributed by atoms with Gasteiger partial charge in [-0.25, -0.2) is 13.8 Å². The molecule has 3 aromatic carbocycles. The Kier molecular flexibility index (Phi) is 7.87. The number of benzene rings is 3. The van der Waals surface area contributed by atoms with Crippen LogP contribution in [0.1, 0.15) is 25.7 Å². The first-order valence-electron chi connectivity index (χ1n) is 12.7. The van der Waals surface area contributed by atoms with Crippen LogP contribution in [0.15, 0.2) is 66.7 Å². The maximum atomic E-state index is 13.6. The Morgan fingerprint density at radius 1 is 0.946 bits per heavy atom. The van der Waals surface area contributed by atoms with E-state index in [1.807, 2.05) is 18.2 Å². The van der Waals surface area contributed by atoms with Crippen LogP contribution in [0.2, 0.25) is 5.02 Å². The lowest BCUT2D eigenvalue weighted by Gasteiger charge is -2.28. The molecule has 7 heteroatoms. The number of nitrogens with zero attached hydrogens (tertiary/aromatic N) is 2. The molecule has 0 amide bonds. The summed E-state index contributed by atoms with van der Waals surface area (Å²) in [5.74, 6) is 1.43. The average Bonchev–Trinajstić information content (AvgIpc) is 3.34. The molecular weight excluding hydrogens is 492 g/mol. The van der Waals surface area contributed by atoms with Crippen molar-refractivity contribution < 1.29 is 13.5 Å². The van der Waals surface area contributed by atoms with Crippen molar-refractivity contribution in [2.75, 3.05) is 26.7 Å². The van der Waals surface area contributed by atoms with E-state index < -0.39 is 0 Å². The Hall–Kier alpha value is -3.22. The van der Waals surface area contributed by atoms with E-state index in [0.29, 0.717) is 28.8 Å². The Labute approximate surface area is 221 Å². The highest BCUT2D eigenvalue weighted by Gasteiger charge is 2.18. The first-order chi connectivity index (χ1) is 18.0. The van der Waals surface area contributed by atoms with Crippen LogP contribution < -0.4 is 4.74 Å². The quantitative estimate of drug-likeness (QED) is 0.240. The van der Waals surface area contributed by atoms with Crippen molar-refractivity contribution in [3.05, 3.63) is 83.4 Å². The van der Waals surface area contributed by atoms with Gasteiger partial charge in [-0.1, -0.05) is 11.6 Å². The van der Waals surface area contributed by atoms with Gasteiger partial charge >= 0.3 is 0 Å². The zero-order valence-electron chi connectivity index (χ0n) is 20.8. The van der Waals surface area contributed by atoms with Crippen molar-refractivity contribution in [1.29, 1.82) is 0 Å². The van der Waals surface area contributed by atoms with Gasteiger partial charge in [0.1, 0.15) is 23.2 Å². The molecule has 0 unspecified atom stereocenters. The predicted octanol–water partition coefficient (Wildman–Crippen LogP) is 7.84. The second kappa shape index (κ2) is 11.4. The standard InChI is InChI=1S/C30H30ClF2N3O/c1-36-16-14-20(15-17-36)3-2-18-37-25-12-13-26(27(31)19-25)30-34-28(21-4-8-23(32)9-5-21)29(35-30)22-6-10-24(33)11-7-22/h4-13,19-20H,2-3,14-18H2,1H3,(H,34,35). The Morgan fingerprint density at radius 2 is 1.59 bits per heavy atom. The van der Waals surface area contributed by atoms with Crippen molar-refractivity contribution in [1.82, 2.24) is 14.9 Å². The van der Waals surface area contributed by atoms with E-state index in [-0.39, 0.29) is 11.6 Å². The molecule has 0 atom stereocenters. The number of ether oxygens (including phenoxy) is 1. The van der Waals surface area contributed by atoms with Gasteiger partial charge in [0.05, 0.1) is 23.0 Å². The molecule has 1 aromatic heterocycles. The molecule has 4 aromatic rings. The van der Waals surface area contributed by atoms with Gasteiger partial charge in [-0.15, -0.1) is 0 Å². The van der Waals surface area contributed by atoms with Crippen LogP contribution in [-0.4, -0.2) is 41.6 Å². The first-order valence-corrected chi connectivity index (χ1v) is 13.1. The molecule has 0 aliphatic carbocycles. The van der Waals surface area contributed by atoms with Crippen molar-refractivity contribution in [3.63, 3.8) is 0 Å². The van der Waals surface area contributed by atoms with Crippen molar-refractivity contribution in [3.8, 4) is 39.7 Å². The highest BCUT2D eigenvalue weighted by atomic mass is 35.5. The highest BCUT2D eigenvalue weighted by Crippen LogP contribution is 2.36. The van der Waals surface area contributed by atoms with Gasteiger partial charge in [0, 0.05) is 16.7 Å². The summed E-state index contributed by atoms with van der Waals surface area (Å²) in [6.07, 6.45) is 4.73. The van der Waals surface area contributed by atoms with Crippen molar-refractivity contribution in [2.45, 2.75) is 25.7 Å². The second-order valence-electron chi connectivity index (χ2n) is 9.70. The van der Waals surface area contributed by atoms with Crippen LogP contribution in [0.4, 0.5) is 8.78 Å². The van der Waals surface area contributed by atoms with Gasteiger partial charge in [0.25, 0.3) is 0 Å². The number of imidazole rings is 1. The minimum Gasteiger partial charge on any atom is -0.494 e. The number of halogens is 3. The largest absolute Gasteiger partial charge is 0.494 e. The van der Waals surface area contributed by atoms with Crippen molar-refractivity contribution >= 4 is 11.6 Å². The van der Waals surface area contributed by atoms with Gasteiger partial charge < -0.3 is 14.6 Å². The number of aromatic nitrogens is 2. The highest BCUT2D eigenvalue weighted by molar-refractivity contribution is 6.33. The third kappa shape index (κ3) is 6.20. The molecule has 37 heavy (non-hydrogen) atoms. The van der Waals surface area contributed by atoms with E-state index in [4.69, 9.17) is 21.3 Å². The van der Waals surface area contributed by atoms with Gasteiger partial charge in [-0.3, -0.25) is 0 Å². The van der Waals surface area contributed by atoms with E-state index in [2.05, 4.69) is 16.9 Å². The van der Waals surface area contributed by atoms with E-state index >= 15 is 0 Å². The smallest absolute Gasteiger partial charge is 0.140 e. The Bertz CT molecular complexity index is 1270. The molecule has 1 saturated heterocycles. The number of piperidine rings is 1. The van der Waals surface area contributed by atoms with E-state index in [1.54, 1.807) is 24.3 Å². The number of H-pyrrole nitrogens is 1. The SMILES string of the molecule is CN1CCC(CCCOc2ccc(-c3nc(-c4ccc(F)cc4)c(-c4ccc(F)cc4)[nH]3)c(Cl)c2)CC1. The monoisotopic (exact) mass is 521 g/mol. The Balaban J connectivity index is 1.33. The van der Waals surface area contributed by atoms with Gasteiger partial charge in [-0.05, 0) is 118 Å². The molecule has 0 spiro atoms. The average molecular weight is 522 g/mol. The lowest BCUT2D eigenvalue weighted by Crippen LogP contribution is -2.30. The van der Waals surface area contributed by atoms with Crippen LogP contribution in [0.3, 0.4) is 0 Å². The van der Waals surface area contributed by atoms with E-state index in [1.165, 1.54) is 56.6 Å². The minimum atomic E-state index is -0.326.